The Hall–Kier alpha value is -0.900. The van der Waals surface area contributed by atoms with E-state index in [1.54, 1.807) is 4.90 Å². The van der Waals surface area contributed by atoms with Gasteiger partial charge in [0, 0.05) is 0 Å². The van der Waals surface area contributed by atoms with Gasteiger partial charge >= 0.3 is 0 Å². The van der Waals surface area contributed by atoms with Gasteiger partial charge < -0.3 is 4.74 Å². The van der Waals surface area contributed by atoms with E-state index >= 15 is 0 Å². The fraction of sp³-hybridized carbons (Fsp3) is 0.818. The summed E-state index contributed by atoms with van der Waals surface area (Å²) in [6.07, 6.45) is 5.92. The molecule has 2 saturated heterocycles. The van der Waals surface area contributed by atoms with Gasteiger partial charge in [-0.15, -0.1) is 0 Å². The molecule has 4 nitrogen and oxygen atoms in total. The molecule has 1 aliphatic carbocycles. The minimum absolute atomic E-state index is 0.163. The van der Waals surface area contributed by atoms with E-state index in [1.165, 1.54) is 6.42 Å². The van der Waals surface area contributed by atoms with Gasteiger partial charge in [-0.2, -0.15) is 0 Å². The summed E-state index contributed by atoms with van der Waals surface area (Å²) in [5.41, 5.74) is -0.411. The number of carbonyl (C=O) groups excluding carboxylic acids is 2. The third-order valence-corrected chi connectivity index (χ3v) is 3.88. The Bertz CT molecular complexity index is 314. The second-order valence-electron chi connectivity index (χ2n) is 4.70. The van der Waals surface area contributed by atoms with Crippen LogP contribution in [0.25, 0.3) is 0 Å². The van der Waals surface area contributed by atoms with Gasteiger partial charge in [-0.05, 0) is 32.1 Å². The van der Waals surface area contributed by atoms with Crippen LogP contribution in [0, 0.1) is 0 Å². The van der Waals surface area contributed by atoms with Crippen molar-refractivity contribution < 1.29 is 14.3 Å². The number of carbonyl (C=O) groups is 2. The summed E-state index contributed by atoms with van der Waals surface area (Å²) in [6.45, 7) is 0.625. The van der Waals surface area contributed by atoms with Crippen molar-refractivity contribution in [2.45, 2.75) is 50.3 Å². The fourth-order valence-corrected chi connectivity index (χ4v) is 3.10. The Morgan fingerprint density at radius 3 is 2.67 bits per heavy atom. The molecule has 0 N–H and O–H groups in total. The second-order valence-corrected chi connectivity index (χ2v) is 4.70. The maximum atomic E-state index is 11.6. The molecule has 15 heavy (non-hydrogen) atoms. The zero-order valence-corrected chi connectivity index (χ0v) is 8.70. The first-order valence-electron chi connectivity index (χ1n) is 5.76. The topological polar surface area (TPSA) is 46.6 Å². The molecule has 82 valence electrons. The quantitative estimate of drug-likeness (QED) is 0.439. The first-order valence-corrected chi connectivity index (χ1v) is 5.76. The normalized spacial score (nSPS) is 33.9. The van der Waals surface area contributed by atoms with Gasteiger partial charge in [0.15, 0.2) is 0 Å². The highest BCUT2D eigenvalue weighted by Crippen LogP contribution is 2.43. The van der Waals surface area contributed by atoms with E-state index in [4.69, 9.17) is 4.74 Å². The average Bonchev–Trinajstić information content (AvgIpc) is 2.29. The third-order valence-electron chi connectivity index (χ3n) is 3.88. The average molecular weight is 209 g/mol. The number of hydrogen-bond acceptors (Lipinski definition) is 3. The first kappa shape index (κ1) is 9.33. The molecule has 0 aromatic rings. The van der Waals surface area contributed by atoms with Crippen LogP contribution in [0.4, 0.5) is 0 Å². The van der Waals surface area contributed by atoms with Crippen LogP contribution in [0.15, 0.2) is 0 Å². The zero-order chi connectivity index (χ0) is 10.5. The number of ether oxygens (including phenoxy) is 1. The van der Waals surface area contributed by atoms with Crippen LogP contribution >= 0.6 is 0 Å². The molecule has 2 heterocycles. The van der Waals surface area contributed by atoms with Crippen molar-refractivity contribution in [3.8, 4) is 0 Å². The highest BCUT2D eigenvalue weighted by Gasteiger charge is 2.58. The number of amides is 1. The lowest BCUT2D eigenvalue weighted by Crippen LogP contribution is -2.74. The van der Waals surface area contributed by atoms with E-state index in [-0.39, 0.29) is 17.7 Å². The Morgan fingerprint density at radius 2 is 1.93 bits per heavy atom. The number of hydrogen-bond donors (Lipinski definition) is 0. The Labute approximate surface area is 88.6 Å². The number of ketones is 1. The largest absolute Gasteiger partial charge is 0.355 e. The van der Waals surface area contributed by atoms with Crippen LogP contribution < -0.4 is 0 Å². The van der Waals surface area contributed by atoms with Crippen LogP contribution in [0.1, 0.15) is 38.5 Å². The smallest absolute Gasteiger partial charge is 0.295 e. The van der Waals surface area contributed by atoms with Crippen LogP contribution in [-0.4, -0.2) is 35.0 Å². The third kappa shape index (κ3) is 1.11. The molecule has 1 amide bonds. The standard InChI is InChI=1S/C11H15NO3/c13-9-8-4-7-15-11(12(8)10(9)14)5-2-1-3-6-11/h8H,1-7H2. The lowest BCUT2D eigenvalue weighted by atomic mass is 9.82. The van der Waals surface area contributed by atoms with Gasteiger partial charge in [0.05, 0.1) is 6.61 Å². The molecule has 1 atom stereocenters. The van der Waals surface area contributed by atoms with Gasteiger partial charge in [0.2, 0.25) is 5.78 Å². The monoisotopic (exact) mass is 209 g/mol. The van der Waals surface area contributed by atoms with Gasteiger partial charge in [-0.1, -0.05) is 6.42 Å². The van der Waals surface area contributed by atoms with Crippen molar-refractivity contribution in [2.75, 3.05) is 6.61 Å². The molecule has 0 aromatic carbocycles. The molecule has 0 radical (unpaired) electrons. The van der Waals surface area contributed by atoms with Crippen molar-refractivity contribution in [3.05, 3.63) is 0 Å². The fourth-order valence-electron chi connectivity index (χ4n) is 3.10. The van der Waals surface area contributed by atoms with Gasteiger partial charge in [-0.25, -0.2) is 0 Å². The van der Waals surface area contributed by atoms with E-state index in [2.05, 4.69) is 0 Å². The van der Waals surface area contributed by atoms with E-state index in [9.17, 15) is 9.59 Å². The predicted octanol–water partition coefficient (Wildman–Crippen LogP) is 0.847. The lowest BCUT2D eigenvalue weighted by Gasteiger charge is -2.56. The minimum atomic E-state index is -0.411. The summed E-state index contributed by atoms with van der Waals surface area (Å²) < 4.78 is 5.81. The Kier molecular flexibility index (Phi) is 1.89. The SMILES string of the molecule is O=C1C(=O)N2C1CCOC21CCCCC1. The molecular weight excluding hydrogens is 194 g/mol. The van der Waals surface area contributed by atoms with Crippen molar-refractivity contribution >= 4 is 11.7 Å². The summed E-state index contributed by atoms with van der Waals surface area (Å²) in [4.78, 5) is 24.7. The maximum absolute atomic E-state index is 11.6. The molecular formula is C11H15NO3. The molecule has 1 spiro atoms. The molecule has 2 aliphatic heterocycles. The summed E-state index contributed by atoms with van der Waals surface area (Å²) in [5, 5.41) is 0. The molecule has 0 aromatic heterocycles. The lowest BCUT2D eigenvalue weighted by molar-refractivity contribution is -0.236. The number of rotatable bonds is 0. The van der Waals surface area contributed by atoms with Crippen LogP contribution in [-0.2, 0) is 14.3 Å². The molecule has 3 fully saturated rings. The summed E-state index contributed by atoms with van der Waals surface area (Å²) in [5.74, 6) is -0.523. The summed E-state index contributed by atoms with van der Waals surface area (Å²) in [7, 11) is 0. The summed E-state index contributed by atoms with van der Waals surface area (Å²) in [6, 6.07) is -0.163. The van der Waals surface area contributed by atoms with Gasteiger partial charge in [-0.3, -0.25) is 14.5 Å². The highest BCUT2D eigenvalue weighted by atomic mass is 16.5. The molecule has 0 bridgehead atoms. The van der Waals surface area contributed by atoms with Crippen molar-refractivity contribution in [1.82, 2.24) is 4.90 Å². The number of Topliss-reactive ketones (excluding diaryl/α,β-unsaturated/α-hetero) is 1. The minimum Gasteiger partial charge on any atom is -0.355 e. The number of nitrogens with zero attached hydrogens (tertiary/aromatic N) is 1. The van der Waals surface area contributed by atoms with E-state index in [1.807, 2.05) is 0 Å². The molecule has 1 saturated carbocycles. The van der Waals surface area contributed by atoms with E-state index < -0.39 is 5.72 Å². The molecule has 3 rings (SSSR count). The van der Waals surface area contributed by atoms with Crippen molar-refractivity contribution in [1.29, 1.82) is 0 Å². The van der Waals surface area contributed by atoms with Gasteiger partial charge in [0.1, 0.15) is 11.8 Å². The highest BCUT2D eigenvalue weighted by molar-refractivity contribution is 6.44. The maximum Gasteiger partial charge on any atom is 0.295 e. The Balaban J connectivity index is 1.88. The van der Waals surface area contributed by atoms with Crippen LogP contribution in [0.2, 0.25) is 0 Å². The van der Waals surface area contributed by atoms with E-state index in [0.29, 0.717) is 13.0 Å². The summed E-state index contributed by atoms with van der Waals surface area (Å²) >= 11 is 0. The molecule has 1 unspecified atom stereocenters. The van der Waals surface area contributed by atoms with Crippen molar-refractivity contribution in [3.63, 3.8) is 0 Å². The van der Waals surface area contributed by atoms with Crippen molar-refractivity contribution in [2.24, 2.45) is 0 Å². The van der Waals surface area contributed by atoms with Crippen LogP contribution in [0.5, 0.6) is 0 Å². The van der Waals surface area contributed by atoms with E-state index in [0.717, 1.165) is 25.7 Å². The zero-order valence-electron chi connectivity index (χ0n) is 8.70. The number of β-lactam (4-membered cyclic amide) rings is 1. The number of fused-ring (bicyclic) bond motifs is 2. The van der Waals surface area contributed by atoms with Gasteiger partial charge in [0.25, 0.3) is 5.91 Å². The molecule has 3 aliphatic rings. The second kappa shape index (κ2) is 3.04. The predicted molar refractivity (Wildman–Crippen MR) is 52.0 cm³/mol. The van der Waals surface area contributed by atoms with Crippen LogP contribution in [0.3, 0.4) is 0 Å². The Morgan fingerprint density at radius 1 is 1.20 bits per heavy atom. The molecule has 4 heteroatoms. The first-order chi connectivity index (χ1) is 7.25.